The van der Waals surface area contributed by atoms with E-state index in [-0.39, 0.29) is 11.9 Å². The van der Waals surface area contributed by atoms with Gasteiger partial charge in [0.2, 0.25) is 5.89 Å². The highest BCUT2D eigenvalue weighted by Crippen LogP contribution is 2.18. The Balaban J connectivity index is 1.78. The van der Waals surface area contributed by atoms with Gasteiger partial charge < -0.3 is 9.73 Å². The summed E-state index contributed by atoms with van der Waals surface area (Å²) in [5, 5.41) is 2.84. The van der Waals surface area contributed by atoms with Crippen molar-refractivity contribution in [3.05, 3.63) is 88.6 Å². The first-order chi connectivity index (χ1) is 13.9. The minimum absolute atomic E-state index is 0.0572. The van der Waals surface area contributed by atoms with E-state index >= 15 is 0 Å². The maximum atomic E-state index is 12.2. The number of oxazole rings is 1. The zero-order valence-electron chi connectivity index (χ0n) is 17.6. The van der Waals surface area contributed by atoms with E-state index in [1.807, 2.05) is 32.0 Å². The third kappa shape index (κ3) is 6.03. The Labute approximate surface area is 172 Å². The number of nitrogens with zero attached hydrogens (tertiary/aromatic N) is 2. The highest BCUT2D eigenvalue weighted by Gasteiger charge is 2.16. The predicted molar refractivity (Wildman–Crippen MR) is 114 cm³/mol. The van der Waals surface area contributed by atoms with Gasteiger partial charge in [-0.3, -0.25) is 9.69 Å². The molecule has 0 saturated carbocycles. The van der Waals surface area contributed by atoms with Gasteiger partial charge in [-0.1, -0.05) is 54.1 Å². The fourth-order valence-electron chi connectivity index (χ4n) is 3.29. The van der Waals surface area contributed by atoms with Gasteiger partial charge in [0.25, 0.3) is 5.91 Å². The molecule has 0 saturated heterocycles. The molecule has 152 valence electrons. The summed E-state index contributed by atoms with van der Waals surface area (Å²) in [6.07, 6.45) is 1.44. The molecule has 0 radical (unpaired) electrons. The summed E-state index contributed by atoms with van der Waals surface area (Å²) in [5.74, 6) is 0.332. The number of carbonyl (C=O) groups is 1. The van der Waals surface area contributed by atoms with E-state index in [0.29, 0.717) is 18.1 Å². The lowest BCUT2D eigenvalue weighted by Gasteiger charge is -2.22. The van der Waals surface area contributed by atoms with Crippen molar-refractivity contribution in [1.29, 1.82) is 0 Å². The molecule has 0 aliphatic rings. The minimum Gasteiger partial charge on any atom is -0.447 e. The predicted octanol–water partition coefficient (Wildman–Crippen LogP) is 4.63. The number of benzene rings is 2. The highest BCUT2D eigenvalue weighted by atomic mass is 16.3. The highest BCUT2D eigenvalue weighted by molar-refractivity contribution is 5.92. The lowest BCUT2D eigenvalue weighted by atomic mass is 10.0. The van der Waals surface area contributed by atoms with Crippen LogP contribution in [-0.2, 0) is 19.6 Å². The molecule has 2 aromatic carbocycles. The lowest BCUT2D eigenvalue weighted by Crippen LogP contribution is -2.30. The van der Waals surface area contributed by atoms with Crippen LogP contribution in [0.3, 0.4) is 0 Å². The van der Waals surface area contributed by atoms with Crippen molar-refractivity contribution < 1.29 is 9.21 Å². The van der Waals surface area contributed by atoms with Gasteiger partial charge in [0.15, 0.2) is 5.69 Å². The summed E-state index contributed by atoms with van der Waals surface area (Å²) in [4.78, 5) is 18.8. The summed E-state index contributed by atoms with van der Waals surface area (Å²) >= 11 is 0. The maximum absolute atomic E-state index is 12.2. The Morgan fingerprint density at radius 2 is 1.83 bits per heavy atom. The quantitative estimate of drug-likeness (QED) is 0.608. The summed E-state index contributed by atoms with van der Waals surface area (Å²) in [5.41, 5.74) is 5.35. The third-order valence-corrected chi connectivity index (χ3v) is 4.70. The average molecular weight is 392 g/mol. The second-order valence-electron chi connectivity index (χ2n) is 7.82. The smallest absolute Gasteiger partial charge is 0.273 e. The Kier molecular flexibility index (Phi) is 6.83. The van der Waals surface area contributed by atoms with Gasteiger partial charge in [-0.25, -0.2) is 4.98 Å². The number of carbonyl (C=O) groups excluding carboxylic acids is 1. The Morgan fingerprint density at radius 3 is 2.52 bits per heavy atom. The summed E-state index contributed by atoms with van der Waals surface area (Å²) in [7, 11) is 0. The van der Waals surface area contributed by atoms with E-state index < -0.39 is 0 Å². The van der Waals surface area contributed by atoms with E-state index in [2.05, 4.69) is 59.4 Å². The number of nitrogens with one attached hydrogen (secondary N) is 1. The number of hydrogen-bond donors (Lipinski definition) is 1. The fourth-order valence-corrected chi connectivity index (χ4v) is 3.29. The third-order valence-electron chi connectivity index (χ3n) is 4.70. The van der Waals surface area contributed by atoms with Crippen LogP contribution in [0.15, 0.2) is 59.2 Å². The van der Waals surface area contributed by atoms with Crippen molar-refractivity contribution in [1.82, 2.24) is 15.2 Å². The van der Waals surface area contributed by atoms with Gasteiger partial charge in [-0.15, -0.1) is 0 Å². The summed E-state index contributed by atoms with van der Waals surface area (Å²) in [6, 6.07) is 16.9. The fraction of sp³-hybridized carbons (Fsp3) is 0.333. The molecule has 1 N–H and O–H groups in total. The molecule has 3 aromatic rings. The Morgan fingerprint density at radius 1 is 1.07 bits per heavy atom. The standard InChI is InChI=1S/C24H29N3O2/c1-17(2)25-24(28)22-16-29-23(26-22)15-27(13-20-8-6-5-7-9-20)14-21-11-10-18(3)12-19(21)4/h5-12,16-17H,13-15H2,1-4H3,(H,25,28). The van der Waals surface area contributed by atoms with Crippen LogP contribution >= 0.6 is 0 Å². The monoisotopic (exact) mass is 391 g/mol. The number of aromatic nitrogens is 1. The first-order valence-corrected chi connectivity index (χ1v) is 9.98. The van der Waals surface area contributed by atoms with Crippen molar-refractivity contribution in [2.24, 2.45) is 0 Å². The van der Waals surface area contributed by atoms with Crippen LogP contribution in [0.5, 0.6) is 0 Å². The molecule has 29 heavy (non-hydrogen) atoms. The van der Waals surface area contributed by atoms with Gasteiger partial charge in [0.05, 0.1) is 6.54 Å². The SMILES string of the molecule is Cc1ccc(CN(Cc2ccccc2)Cc2nc(C(=O)NC(C)C)co2)c(C)c1. The van der Waals surface area contributed by atoms with E-state index in [4.69, 9.17) is 4.42 Å². The van der Waals surface area contributed by atoms with Crippen LogP contribution in [-0.4, -0.2) is 21.8 Å². The molecule has 1 heterocycles. The summed E-state index contributed by atoms with van der Waals surface area (Å²) < 4.78 is 5.61. The first-order valence-electron chi connectivity index (χ1n) is 9.98. The summed E-state index contributed by atoms with van der Waals surface area (Å²) in [6.45, 7) is 10.2. The molecule has 3 rings (SSSR count). The second-order valence-corrected chi connectivity index (χ2v) is 7.82. The van der Waals surface area contributed by atoms with Crippen LogP contribution in [0.1, 0.15) is 52.5 Å². The largest absolute Gasteiger partial charge is 0.447 e. The lowest BCUT2D eigenvalue weighted by molar-refractivity contribution is 0.0938. The Bertz CT molecular complexity index is 948. The van der Waals surface area contributed by atoms with Gasteiger partial charge in [0.1, 0.15) is 6.26 Å². The van der Waals surface area contributed by atoms with Crippen molar-refractivity contribution in [3.8, 4) is 0 Å². The average Bonchev–Trinajstić information content (AvgIpc) is 3.13. The molecule has 0 fully saturated rings. The van der Waals surface area contributed by atoms with Gasteiger partial charge >= 0.3 is 0 Å². The number of rotatable bonds is 8. The molecule has 5 heteroatoms. The van der Waals surface area contributed by atoms with E-state index in [1.54, 1.807) is 0 Å². The van der Waals surface area contributed by atoms with Crippen molar-refractivity contribution in [3.63, 3.8) is 0 Å². The van der Waals surface area contributed by atoms with Crippen molar-refractivity contribution in [2.45, 2.75) is 53.4 Å². The number of hydrogen-bond acceptors (Lipinski definition) is 4. The van der Waals surface area contributed by atoms with Gasteiger partial charge in [0, 0.05) is 19.1 Å². The molecule has 0 spiro atoms. The zero-order chi connectivity index (χ0) is 20.8. The Hall–Kier alpha value is -2.92. The topological polar surface area (TPSA) is 58.4 Å². The molecule has 0 aliphatic carbocycles. The number of amides is 1. The normalized spacial score (nSPS) is 11.2. The molecule has 1 aromatic heterocycles. The number of aryl methyl sites for hydroxylation is 2. The van der Waals surface area contributed by atoms with Crippen LogP contribution in [0.2, 0.25) is 0 Å². The second kappa shape index (κ2) is 9.52. The van der Waals surface area contributed by atoms with Crippen LogP contribution < -0.4 is 5.32 Å². The molecular weight excluding hydrogens is 362 g/mol. The van der Waals surface area contributed by atoms with Crippen molar-refractivity contribution in [2.75, 3.05) is 0 Å². The zero-order valence-corrected chi connectivity index (χ0v) is 17.6. The van der Waals surface area contributed by atoms with Gasteiger partial charge in [-0.05, 0) is 44.4 Å². The minimum atomic E-state index is -0.209. The molecule has 5 nitrogen and oxygen atoms in total. The molecular formula is C24H29N3O2. The molecule has 1 amide bonds. The molecule has 0 atom stereocenters. The van der Waals surface area contributed by atoms with E-state index in [9.17, 15) is 4.79 Å². The van der Waals surface area contributed by atoms with Gasteiger partial charge in [-0.2, -0.15) is 0 Å². The van der Waals surface area contributed by atoms with Crippen LogP contribution in [0.4, 0.5) is 0 Å². The van der Waals surface area contributed by atoms with Crippen LogP contribution in [0.25, 0.3) is 0 Å². The molecule has 0 aliphatic heterocycles. The maximum Gasteiger partial charge on any atom is 0.273 e. The van der Waals surface area contributed by atoms with Crippen LogP contribution in [0, 0.1) is 13.8 Å². The van der Waals surface area contributed by atoms with E-state index in [1.165, 1.54) is 28.5 Å². The first kappa shape index (κ1) is 20.8. The van der Waals surface area contributed by atoms with E-state index in [0.717, 1.165) is 13.1 Å². The van der Waals surface area contributed by atoms with Crippen molar-refractivity contribution >= 4 is 5.91 Å². The molecule has 0 bridgehead atoms. The molecule has 0 unspecified atom stereocenters.